The van der Waals surface area contributed by atoms with E-state index in [1.165, 1.54) is 6.08 Å². The van der Waals surface area contributed by atoms with Gasteiger partial charge in [-0.1, -0.05) is 12.1 Å². The predicted molar refractivity (Wildman–Crippen MR) is 103 cm³/mol. The van der Waals surface area contributed by atoms with Gasteiger partial charge in [0, 0.05) is 18.2 Å². The number of benzene rings is 1. The molecule has 2 rings (SSSR count). The zero-order chi connectivity index (χ0) is 20.5. The van der Waals surface area contributed by atoms with Crippen LogP contribution in [0.1, 0.15) is 23.0 Å². The Morgan fingerprint density at radius 2 is 1.86 bits per heavy atom. The third-order valence-corrected chi connectivity index (χ3v) is 3.71. The largest absolute Gasteiger partial charge is 0.462 e. The Morgan fingerprint density at radius 1 is 1.14 bits per heavy atom. The van der Waals surface area contributed by atoms with E-state index in [0.29, 0.717) is 30.2 Å². The molecular formula is C21H22N2O5. The quantitative estimate of drug-likeness (QED) is 0.393. The highest BCUT2D eigenvalue weighted by Crippen LogP contribution is 2.24. The van der Waals surface area contributed by atoms with E-state index in [-0.39, 0.29) is 18.1 Å². The molecule has 1 aromatic heterocycles. The van der Waals surface area contributed by atoms with E-state index in [4.69, 9.17) is 13.9 Å². The molecule has 0 saturated carbocycles. The summed E-state index contributed by atoms with van der Waals surface area (Å²) in [6.45, 7) is 2.82. The van der Waals surface area contributed by atoms with Crippen LogP contribution in [-0.4, -0.2) is 50.7 Å². The number of hydrogen-bond donors (Lipinski definition) is 0. The summed E-state index contributed by atoms with van der Waals surface area (Å²) in [5.74, 6) is -0.185. The number of hydrogen-bond acceptors (Lipinski definition) is 7. The number of esters is 2. The lowest BCUT2D eigenvalue weighted by Gasteiger charge is -2.09. The minimum Gasteiger partial charge on any atom is -0.462 e. The third kappa shape index (κ3) is 5.83. The molecule has 0 fully saturated rings. The Morgan fingerprint density at radius 3 is 2.46 bits per heavy atom. The van der Waals surface area contributed by atoms with Crippen molar-refractivity contribution in [2.45, 2.75) is 6.92 Å². The molecule has 0 aliphatic rings. The number of carbonyl (C=O) groups is 2. The van der Waals surface area contributed by atoms with Crippen molar-refractivity contribution < 1.29 is 23.5 Å². The van der Waals surface area contributed by atoms with Gasteiger partial charge in [0.15, 0.2) is 0 Å². The molecule has 0 bridgehead atoms. The normalized spacial score (nSPS) is 11.2. The van der Waals surface area contributed by atoms with Gasteiger partial charge in [0.1, 0.15) is 29.8 Å². The fourth-order valence-electron chi connectivity index (χ4n) is 2.25. The molecule has 0 aliphatic heterocycles. The minimum absolute atomic E-state index is 0.141. The van der Waals surface area contributed by atoms with Crippen LogP contribution in [0.25, 0.3) is 17.4 Å². The van der Waals surface area contributed by atoms with Crippen molar-refractivity contribution in [1.29, 1.82) is 5.26 Å². The number of likely N-dealkylation sites (N-methyl/N-ethyl adjacent to an activating group) is 1. The predicted octanol–water partition coefficient (Wildman–Crippen LogP) is 3.14. The average Bonchev–Trinajstić information content (AvgIpc) is 3.14. The Kier molecular flexibility index (Phi) is 7.55. The van der Waals surface area contributed by atoms with Crippen molar-refractivity contribution in [3.63, 3.8) is 0 Å². The maximum absolute atomic E-state index is 12.0. The van der Waals surface area contributed by atoms with E-state index in [1.807, 2.05) is 25.1 Å². The lowest BCUT2D eigenvalue weighted by Crippen LogP contribution is -2.20. The number of nitrogens with zero attached hydrogens (tertiary/aromatic N) is 2. The average molecular weight is 382 g/mol. The van der Waals surface area contributed by atoms with E-state index >= 15 is 0 Å². The van der Waals surface area contributed by atoms with Crippen LogP contribution >= 0.6 is 0 Å². The second-order valence-electron chi connectivity index (χ2n) is 6.11. The van der Waals surface area contributed by atoms with Gasteiger partial charge in [-0.3, -0.25) is 0 Å². The van der Waals surface area contributed by atoms with Crippen molar-refractivity contribution in [3.05, 3.63) is 53.3 Å². The second kappa shape index (κ2) is 10.1. The second-order valence-corrected chi connectivity index (χ2v) is 6.11. The zero-order valence-electron chi connectivity index (χ0n) is 16.1. The highest BCUT2D eigenvalue weighted by atomic mass is 16.5. The van der Waals surface area contributed by atoms with Crippen LogP contribution in [0.5, 0.6) is 0 Å². The van der Waals surface area contributed by atoms with Crippen LogP contribution in [0, 0.1) is 11.3 Å². The molecule has 1 heterocycles. The van der Waals surface area contributed by atoms with Gasteiger partial charge in [0.2, 0.25) is 0 Å². The van der Waals surface area contributed by atoms with Gasteiger partial charge in [-0.25, -0.2) is 9.59 Å². The molecule has 2 aromatic rings. The summed E-state index contributed by atoms with van der Waals surface area (Å²) in [7, 11) is 3.72. The van der Waals surface area contributed by atoms with Gasteiger partial charge in [-0.15, -0.1) is 0 Å². The lowest BCUT2D eigenvalue weighted by atomic mass is 10.1. The van der Waals surface area contributed by atoms with Crippen molar-refractivity contribution in [1.82, 2.24) is 4.90 Å². The number of furan rings is 1. The van der Waals surface area contributed by atoms with Crippen LogP contribution in [0.4, 0.5) is 0 Å². The smallest absolute Gasteiger partial charge is 0.349 e. The first-order chi connectivity index (χ1) is 13.4. The van der Waals surface area contributed by atoms with Crippen molar-refractivity contribution in [2.24, 2.45) is 0 Å². The highest BCUT2D eigenvalue weighted by molar-refractivity contribution is 5.97. The SMILES string of the molecule is CCOC(=O)c1ccc(-c2ccc(/C=C(/C#N)C(=O)OCCN(C)C)o2)cc1. The van der Waals surface area contributed by atoms with E-state index in [2.05, 4.69) is 0 Å². The molecule has 28 heavy (non-hydrogen) atoms. The summed E-state index contributed by atoms with van der Waals surface area (Å²) in [5.41, 5.74) is 1.06. The third-order valence-electron chi connectivity index (χ3n) is 3.71. The Balaban J connectivity index is 2.09. The monoisotopic (exact) mass is 382 g/mol. The van der Waals surface area contributed by atoms with Gasteiger partial charge >= 0.3 is 11.9 Å². The summed E-state index contributed by atoms with van der Waals surface area (Å²) in [6, 6.07) is 12.0. The summed E-state index contributed by atoms with van der Waals surface area (Å²) in [6.07, 6.45) is 1.34. The Bertz CT molecular complexity index is 888. The van der Waals surface area contributed by atoms with Crippen molar-refractivity contribution in [2.75, 3.05) is 33.9 Å². The molecule has 0 amide bonds. The van der Waals surface area contributed by atoms with E-state index in [9.17, 15) is 14.9 Å². The topological polar surface area (TPSA) is 92.8 Å². The van der Waals surface area contributed by atoms with Crippen LogP contribution < -0.4 is 0 Å². The molecule has 0 aliphatic carbocycles. The van der Waals surface area contributed by atoms with Gasteiger partial charge in [0.05, 0.1) is 12.2 Å². The van der Waals surface area contributed by atoms with Crippen molar-refractivity contribution >= 4 is 18.0 Å². The number of nitriles is 1. The van der Waals surface area contributed by atoms with Gasteiger partial charge in [0.25, 0.3) is 0 Å². The highest BCUT2D eigenvalue weighted by Gasteiger charge is 2.13. The molecule has 0 saturated heterocycles. The summed E-state index contributed by atoms with van der Waals surface area (Å²) in [4.78, 5) is 25.5. The molecule has 0 atom stereocenters. The van der Waals surface area contributed by atoms with Crippen LogP contribution in [0.2, 0.25) is 0 Å². The molecule has 0 spiro atoms. The zero-order valence-corrected chi connectivity index (χ0v) is 16.1. The molecule has 0 N–H and O–H groups in total. The number of carbonyl (C=O) groups excluding carboxylic acids is 2. The standard InChI is InChI=1S/C21H22N2O5/c1-4-26-20(24)16-7-5-15(6-8-16)19-10-9-18(28-19)13-17(14-22)21(25)27-12-11-23(2)3/h5-10,13H,4,11-12H2,1-3H3/b17-13-. The van der Waals surface area contributed by atoms with Crippen LogP contribution in [0.15, 0.2) is 46.4 Å². The van der Waals surface area contributed by atoms with Crippen LogP contribution in [-0.2, 0) is 14.3 Å². The maximum Gasteiger partial charge on any atom is 0.349 e. The number of ether oxygens (including phenoxy) is 2. The lowest BCUT2D eigenvalue weighted by molar-refractivity contribution is -0.138. The summed E-state index contributed by atoms with van der Waals surface area (Å²) < 4.78 is 15.7. The van der Waals surface area contributed by atoms with Crippen molar-refractivity contribution in [3.8, 4) is 17.4 Å². The minimum atomic E-state index is -0.693. The molecule has 0 unspecified atom stereocenters. The van der Waals surface area contributed by atoms with E-state index < -0.39 is 5.97 Å². The molecule has 7 heteroatoms. The molecular weight excluding hydrogens is 360 g/mol. The fraction of sp³-hybridized carbons (Fsp3) is 0.286. The van der Waals surface area contributed by atoms with Gasteiger partial charge < -0.3 is 18.8 Å². The summed E-state index contributed by atoms with van der Waals surface area (Å²) in [5, 5.41) is 9.20. The van der Waals surface area contributed by atoms with Gasteiger partial charge in [-0.05, 0) is 45.3 Å². The summed E-state index contributed by atoms with van der Waals surface area (Å²) >= 11 is 0. The first-order valence-corrected chi connectivity index (χ1v) is 8.75. The maximum atomic E-state index is 12.0. The molecule has 146 valence electrons. The van der Waals surface area contributed by atoms with Crippen LogP contribution in [0.3, 0.4) is 0 Å². The van der Waals surface area contributed by atoms with E-state index in [1.54, 1.807) is 43.3 Å². The van der Waals surface area contributed by atoms with E-state index in [0.717, 1.165) is 5.56 Å². The Labute approximate surface area is 163 Å². The number of rotatable bonds is 8. The Hall–Kier alpha value is -3.37. The van der Waals surface area contributed by atoms with Gasteiger partial charge in [-0.2, -0.15) is 5.26 Å². The molecule has 7 nitrogen and oxygen atoms in total. The molecule has 0 radical (unpaired) electrons. The first-order valence-electron chi connectivity index (χ1n) is 8.75. The molecule has 1 aromatic carbocycles. The first kappa shape index (κ1) is 20.9. The fourth-order valence-corrected chi connectivity index (χ4v) is 2.25.